The summed E-state index contributed by atoms with van der Waals surface area (Å²) in [6.07, 6.45) is 0. The van der Waals surface area contributed by atoms with Crippen LogP contribution in [0, 0.1) is 5.82 Å². The van der Waals surface area contributed by atoms with Crippen LogP contribution >= 0.6 is 11.6 Å². The Morgan fingerprint density at radius 3 is 2.30 bits per heavy atom. The van der Waals surface area contributed by atoms with Gasteiger partial charge in [-0.1, -0.05) is 41.6 Å². The van der Waals surface area contributed by atoms with Crippen molar-refractivity contribution in [2.24, 2.45) is 4.99 Å². The summed E-state index contributed by atoms with van der Waals surface area (Å²) in [6.45, 7) is 0. The van der Waals surface area contributed by atoms with E-state index in [-0.39, 0.29) is 30.1 Å². The molecule has 114 valence electrons. The Hall–Kier alpha value is -1.80. The van der Waals surface area contributed by atoms with Crippen LogP contribution in [0.5, 0.6) is 5.75 Å². The van der Waals surface area contributed by atoms with Crippen LogP contribution < -0.4 is 24.0 Å². The van der Waals surface area contributed by atoms with Crippen LogP contribution in [0.25, 0.3) is 0 Å². The van der Waals surface area contributed by atoms with E-state index in [0.717, 1.165) is 6.07 Å². The number of carbonyl (C=O) groups is 1. The zero-order valence-corrected chi connectivity index (χ0v) is 13.8. The topological polar surface area (TPSA) is 55.7 Å². The van der Waals surface area contributed by atoms with Gasteiger partial charge in [-0.15, -0.1) is 0 Å². The Labute approximate surface area is 150 Å². The first-order chi connectivity index (χ1) is 10.4. The van der Waals surface area contributed by atoms with Crippen molar-refractivity contribution < 1.29 is 33.2 Å². The van der Waals surface area contributed by atoms with Crippen molar-refractivity contribution in [3.05, 3.63) is 64.4 Å². The van der Waals surface area contributed by atoms with Gasteiger partial charge in [0, 0.05) is 30.2 Å². The molecule has 2 aromatic carbocycles. The van der Waals surface area contributed by atoms with Gasteiger partial charge in [0.2, 0.25) is 0 Å². The Balaban J connectivity index is 0.00000264. The van der Waals surface area contributed by atoms with Crippen LogP contribution in [0.2, 0.25) is 5.02 Å². The number of halogens is 2. The number of hydrogen-bond donors (Lipinski definition) is 0. The molecule has 0 spiro atoms. The van der Waals surface area contributed by atoms with Gasteiger partial charge in [0.1, 0.15) is 5.82 Å². The minimum Gasteiger partial charge on any atom is -0.872 e. The summed E-state index contributed by atoms with van der Waals surface area (Å²) in [7, 11) is 3.04. The summed E-state index contributed by atoms with van der Waals surface area (Å²) in [4.78, 5) is 17.0. The number of aliphatic imine (C=N–C) groups is 1. The number of rotatable bonds is 2. The van der Waals surface area contributed by atoms with Crippen LogP contribution in [0.15, 0.2) is 47.5 Å². The van der Waals surface area contributed by atoms with Gasteiger partial charge in [0.05, 0.1) is 5.71 Å². The second kappa shape index (κ2) is 8.16. The minimum atomic E-state index is -0.729. The van der Waals surface area contributed by atoms with Crippen molar-refractivity contribution in [3.63, 3.8) is 0 Å². The van der Waals surface area contributed by atoms with Crippen molar-refractivity contribution in [1.29, 1.82) is 0 Å². The second-order valence-electron chi connectivity index (χ2n) is 4.76. The van der Waals surface area contributed by atoms with Gasteiger partial charge >= 0.3 is 24.9 Å². The summed E-state index contributed by atoms with van der Waals surface area (Å²) in [5, 5.41) is 12.5. The minimum absolute atomic E-state index is 0. The molecule has 2 rings (SSSR count). The van der Waals surface area contributed by atoms with Crippen molar-refractivity contribution in [3.8, 4) is 5.75 Å². The average molecular weight is 327 g/mol. The van der Waals surface area contributed by atoms with E-state index in [2.05, 4.69) is 4.99 Å². The number of hydrogen-bond acceptors (Lipinski definition) is 2. The van der Waals surface area contributed by atoms with Crippen molar-refractivity contribution >= 4 is 23.3 Å². The first kappa shape index (κ1) is 19.2. The molecule has 0 aromatic heterocycles. The summed E-state index contributed by atoms with van der Waals surface area (Å²) >= 11 is 5.83. The van der Waals surface area contributed by atoms with E-state index in [1.165, 1.54) is 31.1 Å². The van der Waals surface area contributed by atoms with Crippen LogP contribution in [0.4, 0.5) is 9.18 Å². The molecule has 0 aliphatic heterocycles. The smallest absolute Gasteiger partial charge is 0.872 e. The summed E-state index contributed by atoms with van der Waals surface area (Å²) in [5.41, 5.74) is 0.181. The van der Waals surface area contributed by atoms with Gasteiger partial charge in [0.15, 0.2) is 0 Å². The molecule has 0 heterocycles. The second-order valence-corrected chi connectivity index (χ2v) is 5.19. The van der Waals surface area contributed by atoms with Gasteiger partial charge in [-0.25, -0.2) is 9.18 Å². The van der Waals surface area contributed by atoms with Gasteiger partial charge < -0.3 is 10.0 Å². The van der Waals surface area contributed by atoms with Crippen LogP contribution in [0.1, 0.15) is 11.1 Å². The van der Waals surface area contributed by atoms with Crippen LogP contribution in [-0.2, 0) is 0 Å². The Kier molecular flexibility index (Phi) is 6.83. The number of urea groups is 1. The first-order valence-electron chi connectivity index (χ1n) is 6.42. The van der Waals surface area contributed by atoms with E-state index in [0.29, 0.717) is 10.6 Å². The number of amides is 2. The molecule has 0 radical (unpaired) electrons. The van der Waals surface area contributed by atoms with Gasteiger partial charge in [-0.3, -0.25) is 0 Å². The fourth-order valence-electron chi connectivity index (χ4n) is 1.80. The van der Waals surface area contributed by atoms with Gasteiger partial charge in [0.25, 0.3) is 0 Å². The van der Waals surface area contributed by atoms with Crippen LogP contribution in [-0.4, -0.2) is 30.7 Å². The molecule has 0 aliphatic rings. The molecule has 7 heteroatoms. The van der Waals surface area contributed by atoms with Crippen molar-refractivity contribution in [2.45, 2.75) is 0 Å². The third-order valence-corrected chi connectivity index (χ3v) is 3.17. The van der Waals surface area contributed by atoms with E-state index >= 15 is 0 Å². The van der Waals surface area contributed by atoms with E-state index < -0.39 is 17.6 Å². The normalized spacial score (nSPS) is 10.9. The Morgan fingerprint density at radius 2 is 1.78 bits per heavy atom. The molecule has 0 unspecified atom stereocenters. The molecular weight excluding hydrogens is 314 g/mol. The Bertz CT molecular complexity index is 713. The van der Waals surface area contributed by atoms with E-state index in [1.807, 2.05) is 0 Å². The fraction of sp³-hybridized carbons (Fsp3) is 0.125. The SMILES string of the molecule is CN(C)C(=O)/N=C(\c1ccc(Cl)cc1)c1c([O-])cccc1F.[Li+]. The maximum atomic E-state index is 14.1. The molecular formula is C16H13ClFLiN2O2. The van der Waals surface area contributed by atoms with Gasteiger partial charge in [-0.05, 0) is 18.2 Å². The molecule has 0 bridgehead atoms. The first-order valence-corrected chi connectivity index (χ1v) is 6.79. The van der Waals surface area contributed by atoms with E-state index in [1.54, 1.807) is 24.3 Å². The predicted octanol–water partition coefficient (Wildman–Crippen LogP) is 0.0757. The third kappa shape index (κ3) is 4.58. The molecule has 0 fully saturated rings. The fourth-order valence-corrected chi connectivity index (χ4v) is 1.93. The average Bonchev–Trinajstić information content (AvgIpc) is 2.46. The molecule has 23 heavy (non-hydrogen) atoms. The third-order valence-electron chi connectivity index (χ3n) is 2.92. The molecule has 0 saturated carbocycles. The maximum Gasteiger partial charge on any atom is 1.00 e. The molecule has 2 amide bonds. The number of benzene rings is 2. The number of carbonyl (C=O) groups excluding carboxylic acids is 1. The van der Waals surface area contributed by atoms with Crippen LogP contribution in [0.3, 0.4) is 0 Å². The summed E-state index contributed by atoms with van der Waals surface area (Å²) < 4.78 is 14.1. The summed E-state index contributed by atoms with van der Waals surface area (Å²) in [6, 6.07) is 9.43. The monoisotopic (exact) mass is 326 g/mol. The molecule has 0 N–H and O–H groups in total. The Morgan fingerprint density at radius 1 is 1.17 bits per heavy atom. The van der Waals surface area contributed by atoms with Crippen molar-refractivity contribution in [2.75, 3.05) is 14.1 Å². The largest absolute Gasteiger partial charge is 1.00 e. The number of nitrogens with zero attached hydrogens (tertiary/aromatic N) is 2. The molecule has 0 atom stereocenters. The zero-order valence-electron chi connectivity index (χ0n) is 13.0. The standard InChI is InChI=1S/C16H14ClFN2O2.Li/c1-20(2)16(22)19-15(10-6-8-11(17)9-7-10)14-12(18)4-3-5-13(14)21;/h3-9,21H,1-2H3;/q;+1/p-1/b19-15+;. The zero-order chi connectivity index (χ0) is 16.3. The maximum absolute atomic E-state index is 14.1. The van der Waals surface area contributed by atoms with Crippen molar-refractivity contribution in [1.82, 2.24) is 4.90 Å². The molecule has 0 saturated heterocycles. The molecule has 0 aliphatic carbocycles. The summed E-state index contributed by atoms with van der Waals surface area (Å²) in [5.74, 6) is -1.27. The molecule has 4 nitrogen and oxygen atoms in total. The van der Waals surface area contributed by atoms with E-state index in [9.17, 15) is 14.3 Å². The quantitative estimate of drug-likeness (QED) is 0.579. The predicted molar refractivity (Wildman–Crippen MR) is 82.0 cm³/mol. The van der Waals surface area contributed by atoms with Gasteiger partial charge in [-0.2, -0.15) is 4.99 Å². The molecule has 2 aromatic rings. The van der Waals surface area contributed by atoms with E-state index in [4.69, 9.17) is 11.6 Å².